The van der Waals surface area contributed by atoms with E-state index in [2.05, 4.69) is 16.9 Å². The molecule has 1 N–H and O–H groups in total. The molecule has 0 saturated carbocycles. The van der Waals surface area contributed by atoms with Gasteiger partial charge in [0.1, 0.15) is 5.82 Å². The summed E-state index contributed by atoms with van der Waals surface area (Å²) in [5.74, 6) is -1.55. The highest BCUT2D eigenvalue weighted by Crippen LogP contribution is 2.25. The Kier molecular flexibility index (Phi) is 5.57. The summed E-state index contributed by atoms with van der Waals surface area (Å²) in [6, 6.07) is 18.3. The Morgan fingerprint density at radius 2 is 1.80 bits per heavy atom. The summed E-state index contributed by atoms with van der Waals surface area (Å²) < 4.78 is 27.1. The lowest BCUT2D eigenvalue weighted by atomic mass is 10.1. The van der Waals surface area contributed by atoms with Gasteiger partial charge in [-0.2, -0.15) is 0 Å². The third-order valence-corrected chi connectivity index (χ3v) is 4.91. The van der Waals surface area contributed by atoms with Crippen LogP contribution in [0.25, 0.3) is 11.0 Å². The monoisotopic (exact) mass is 405 g/mol. The minimum atomic E-state index is -1.05. The van der Waals surface area contributed by atoms with Gasteiger partial charge in [0.05, 0.1) is 17.6 Å². The van der Waals surface area contributed by atoms with E-state index in [0.717, 1.165) is 47.4 Å². The van der Waals surface area contributed by atoms with Gasteiger partial charge in [0.2, 0.25) is 0 Å². The van der Waals surface area contributed by atoms with E-state index < -0.39 is 17.5 Å². The Hall–Kier alpha value is -3.54. The molecule has 0 aliphatic rings. The molecule has 0 spiro atoms. The fourth-order valence-corrected chi connectivity index (χ4v) is 3.40. The van der Waals surface area contributed by atoms with Gasteiger partial charge in [0, 0.05) is 17.7 Å². The topological polar surface area (TPSA) is 49.0 Å². The number of hydrogen-bond acceptors (Lipinski definition) is 2. The summed E-state index contributed by atoms with van der Waals surface area (Å²) in [6.07, 6.45) is 1.81. The molecule has 0 radical (unpaired) electrons. The van der Waals surface area contributed by atoms with E-state index >= 15 is 0 Å². The molecule has 4 rings (SSSR count). The van der Waals surface area contributed by atoms with Crippen molar-refractivity contribution in [1.29, 1.82) is 0 Å². The van der Waals surface area contributed by atoms with Crippen molar-refractivity contribution in [2.75, 3.05) is 4.90 Å². The quantitative estimate of drug-likeness (QED) is 0.451. The van der Waals surface area contributed by atoms with Gasteiger partial charge in [-0.15, -0.1) is 0 Å². The van der Waals surface area contributed by atoms with Crippen LogP contribution in [0.5, 0.6) is 0 Å². The highest BCUT2D eigenvalue weighted by molar-refractivity contribution is 6.06. The highest BCUT2D eigenvalue weighted by Gasteiger charge is 2.20. The van der Waals surface area contributed by atoms with Gasteiger partial charge in [-0.3, -0.25) is 4.79 Å². The Labute approximate surface area is 173 Å². The number of aromatic nitrogens is 2. The summed E-state index contributed by atoms with van der Waals surface area (Å²) in [5.41, 5.74) is 3.30. The summed E-state index contributed by atoms with van der Waals surface area (Å²) in [4.78, 5) is 22.7. The summed E-state index contributed by atoms with van der Waals surface area (Å²) >= 11 is 0. The summed E-state index contributed by atoms with van der Waals surface area (Å²) in [7, 11) is 0. The molecule has 1 aromatic heterocycles. The number of fused-ring (bicyclic) bond motifs is 1. The molecular weight excluding hydrogens is 384 g/mol. The lowest BCUT2D eigenvalue weighted by molar-refractivity contribution is 0.0984. The van der Waals surface area contributed by atoms with Gasteiger partial charge in [-0.05, 0) is 48.4 Å². The summed E-state index contributed by atoms with van der Waals surface area (Å²) in [5, 5.41) is 0. The van der Waals surface area contributed by atoms with Gasteiger partial charge >= 0.3 is 0 Å². The number of amides is 1. The first-order valence-corrected chi connectivity index (χ1v) is 9.84. The van der Waals surface area contributed by atoms with Crippen LogP contribution in [0.2, 0.25) is 0 Å². The number of hydrogen-bond donors (Lipinski definition) is 1. The Bertz CT molecular complexity index is 1190. The number of halogens is 2. The number of nitrogens with one attached hydrogen (secondary N) is 1. The Morgan fingerprint density at radius 1 is 1.00 bits per heavy atom. The van der Waals surface area contributed by atoms with E-state index in [9.17, 15) is 13.6 Å². The number of aryl methyl sites for hydroxylation is 1. The van der Waals surface area contributed by atoms with E-state index in [-0.39, 0.29) is 5.56 Å². The van der Waals surface area contributed by atoms with Gasteiger partial charge in [0.25, 0.3) is 5.91 Å². The van der Waals surface area contributed by atoms with E-state index in [1.807, 2.05) is 48.5 Å². The van der Waals surface area contributed by atoms with Crippen LogP contribution in [0.4, 0.5) is 14.5 Å². The number of benzene rings is 3. The molecule has 0 aliphatic carbocycles. The predicted molar refractivity (Wildman–Crippen MR) is 113 cm³/mol. The molecule has 6 heteroatoms. The van der Waals surface area contributed by atoms with Crippen LogP contribution in [0.1, 0.15) is 35.1 Å². The Morgan fingerprint density at radius 3 is 2.53 bits per heavy atom. The standard InChI is InChI=1S/C24H21F2N3O/c1-2-6-23-27-21-12-10-18(14-22(21)28-23)29(15-16-7-4-3-5-8-16)24(30)17-9-11-19(25)20(26)13-17/h3-5,7-14H,2,6,15H2,1H3,(H,27,28). The largest absolute Gasteiger partial charge is 0.342 e. The highest BCUT2D eigenvalue weighted by atomic mass is 19.2. The van der Waals surface area contributed by atoms with E-state index in [1.54, 1.807) is 4.90 Å². The first kappa shape index (κ1) is 19.8. The molecule has 30 heavy (non-hydrogen) atoms. The molecule has 0 bridgehead atoms. The number of H-pyrrole nitrogens is 1. The molecular formula is C24H21F2N3O. The van der Waals surface area contributed by atoms with Crippen molar-refractivity contribution in [2.45, 2.75) is 26.3 Å². The first-order valence-electron chi connectivity index (χ1n) is 9.84. The van der Waals surface area contributed by atoms with Crippen molar-refractivity contribution in [2.24, 2.45) is 0 Å². The number of carbonyl (C=O) groups is 1. The Balaban J connectivity index is 1.75. The molecule has 1 heterocycles. The number of anilines is 1. The zero-order valence-electron chi connectivity index (χ0n) is 16.5. The van der Waals surface area contributed by atoms with E-state index in [1.165, 1.54) is 6.07 Å². The molecule has 4 nitrogen and oxygen atoms in total. The molecule has 3 aromatic carbocycles. The van der Waals surface area contributed by atoms with Crippen LogP contribution in [-0.2, 0) is 13.0 Å². The van der Waals surface area contributed by atoms with Crippen molar-refractivity contribution < 1.29 is 13.6 Å². The van der Waals surface area contributed by atoms with Crippen molar-refractivity contribution in [3.63, 3.8) is 0 Å². The maximum atomic E-state index is 13.8. The lowest BCUT2D eigenvalue weighted by Gasteiger charge is -2.23. The van der Waals surface area contributed by atoms with Gasteiger partial charge in [-0.25, -0.2) is 13.8 Å². The molecule has 152 valence electrons. The van der Waals surface area contributed by atoms with Crippen molar-refractivity contribution >= 4 is 22.6 Å². The second kappa shape index (κ2) is 8.45. The van der Waals surface area contributed by atoms with Crippen LogP contribution in [0.3, 0.4) is 0 Å². The SMILES string of the molecule is CCCc1nc2ccc(N(Cc3ccccc3)C(=O)c3ccc(F)c(F)c3)cc2[nH]1. The average molecular weight is 405 g/mol. The van der Waals surface area contributed by atoms with Crippen molar-refractivity contribution in [1.82, 2.24) is 9.97 Å². The van der Waals surface area contributed by atoms with Crippen molar-refractivity contribution in [3.05, 3.63) is 95.3 Å². The van der Waals surface area contributed by atoms with Crippen LogP contribution in [0, 0.1) is 11.6 Å². The number of rotatable bonds is 6. The molecule has 0 unspecified atom stereocenters. The normalized spacial score (nSPS) is 11.0. The molecule has 1 amide bonds. The number of imidazole rings is 1. The zero-order chi connectivity index (χ0) is 21.1. The third kappa shape index (κ3) is 4.08. The smallest absolute Gasteiger partial charge is 0.258 e. The van der Waals surface area contributed by atoms with Gasteiger partial charge in [0.15, 0.2) is 11.6 Å². The minimum absolute atomic E-state index is 0.0845. The molecule has 0 fully saturated rings. The fourth-order valence-electron chi connectivity index (χ4n) is 3.40. The van der Waals surface area contributed by atoms with Crippen LogP contribution in [-0.4, -0.2) is 15.9 Å². The van der Waals surface area contributed by atoms with Crippen LogP contribution in [0.15, 0.2) is 66.7 Å². The van der Waals surface area contributed by atoms with Gasteiger partial charge < -0.3 is 9.88 Å². The second-order valence-electron chi connectivity index (χ2n) is 7.14. The number of aromatic amines is 1. The van der Waals surface area contributed by atoms with E-state index in [4.69, 9.17) is 0 Å². The predicted octanol–water partition coefficient (Wildman–Crippen LogP) is 5.64. The molecule has 0 saturated heterocycles. The maximum Gasteiger partial charge on any atom is 0.258 e. The lowest BCUT2D eigenvalue weighted by Crippen LogP contribution is -2.30. The minimum Gasteiger partial charge on any atom is -0.342 e. The average Bonchev–Trinajstić information content (AvgIpc) is 3.16. The molecule has 0 aliphatic heterocycles. The summed E-state index contributed by atoms with van der Waals surface area (Å²) in [6.45, 7) is 2.38. The zero-order valence-corrected chi connectivity index (χ0v) is 16.5. The second-order valence-corrected chi connectivity index (χ2v) is 7.14. The van der Waals surface area contributed by atoms with Gasteiger partial charge in [-0.1, -0.05) is 37.3 Å². The van der Waals surface area contributed by atoms with Crippen LogP contribution < -0.4 is 4.90 Å². The number of nitrogens with zero attached hydrogens (tertiary/aromatic N) is 2. The molecule has 4 aromatic rings. The fraction of sp³-hybridized carbons (Fsp3) is 0.167. The maximum absolute atomic E-state index is 13.8. The van der Waals surface area contributed by atoms with Crippen LogP contribution >= 0.6 is 0 Å². The third-order valence-electron chi connectivity index (χ3n) is 4.91. The molecule has 0 atom stereocenters. The first-order chi connectivity index (χ1) is 14.5. The number of carbonyl (C=O) groups excluding carboxylic acids is 1. The van der Waals surface area contributed by atoms with Crippen molar-refractivity contribution in [3.8, 4) is 0 Å². The van der Waals surface area contributed by atoms with E-state index in [0.29, 0.717) is 12.2 Å².